The summed E-state index contributed by atoms with van der Waals surface area (Å²) in [5.74, 6) is 1.99. The Morgan fingerprint density at radius 3 is 2.78 bits per heavy atom. The van der Waals surface area contributed by atoms with E-state index in [1.807, 2.05) is 43.5 Å². The van der Waals surface area contributed by atoms with Gasteiger partial charge in [0.05, 0.1) is 6.54 Å². The quantitative estimate of drug-likeness (QED) is 0.892. The molecule has 1 fully saturated rings. The van der Waals surface area contributed by atoms with Crippen molar-refractivity contribution in [1.29, 1.82) is 0 Å². The van der Waals surface area contributed by atoms with Crippen LogP contribution in [0.4, 0.5) is 0 Å². The number of hydrogen-bond acceptors (Lipinski definition) is 3. The molecule has 0 spiro atoms. The molecule has 0 unspecified atom stereocenters. The fourth-order valence-electron chi connectivity index (χ4n) is 2.18. The molecule has 4 heteroatoms. The molecule has 0 aliphatic carbocycles. The average molecular weight is 243 g/mol. The van der Waals surface area contributed by atoms with E-state index in [2.05, 4.69) is 14.9 Å². The van der Waals surface area contributed by atoms with E-state index in [0.29, 0.717) is 6.10 Å². The molecule has 4 nitrogen and oxygen atoms in total. The third-order valence-electron chi connectivity index (χ3n) is 3.10. The summed E-state index contributed by atoms with van der Waals surface area (Å²) >= 11 is 0. The molecule has 2 heterocycles. The predicted molar refractivity (Wildman–Crippen MR) is 69.5 cm³/mol. The van der Waals surface area contributed by atoms with Crippen LogP contribution in [-0.2, 0) is 6.54 Å². The number of rotatable bonds is 4. The monoisotopic (exact) mass is 243 g/mol. The molecule has 3 rings (SSSR count). The van der Waals surface area contributed by atoms with Crippen molar-refractivity contribution < 1.29 is 4.74 Å². The summed E-state index contributed by atoms with van der Waals surface area (Å²) in [5, 5.41) is 0. The van der Waals surface area contributed by atoms with Crippen LogP contribution in [0.1, 0.15) is 11.5 Å². The third-order valence-corrected chi connectivity index (χ3v) is 3.10. The fourth-order valence-corrected chi connectivity index (χ4v) is 2.18. The Kier molecular flexibility index (Phi) is 3.02. The lowest BCUT2D eigenvalue weighted by atomic mass is 10.1. The van der Waals surface area contributed by atoms with Crippen LogP contribution in [0.3, 0.4) is 0 Å². The molecule has 2 aromatic rings. The maximum atomic E-state index is 5.85. The molecule has 1 aromatic carbocycles. The molecule has 1 saturated heterocycles. The number of imidazole rings is 1. The van der Waals surface area contributed by atoms with Gasteiger partial charge in [-0.15, -0.1) is 0 Å². The van der Waals surface area contributed by atoms with E-state index >= 15 is 0 Å². The van der Waals surface area contributed by atoms with Crippen molar-refractivity contribution in [1.82, 2.24) is 14.9 Å². The Bertz CT molecular complexity index is 503. The van der Waals surface area contributed by atoms with Crippen molar-refractivity contribution in [2.24, 2.45) is 0 Å². The summed E-state index contributed by atoms with van der Waals surface area (Å²) in [5.41, 5.74) is 1.11. The second-order valence-electron chi connectivity index (χ2n) is 4.76. The van der Waals surface area contributed by atoms with Crippen molar-refractivity contribution >= 4 is 0 Å². The minimum atomic E-state index is 0.309. The lowest BCUT2D eigenvalue weighted by Gasteiger charge is -2.38. The van der Waals surface area contributed by atoms with Crippen LogP contribution in [0.15, 0.2) is 36.5 Å². The second-order valence-corrected chi connectivity index (χ2v) is 4.76. The highest BCUT2D eigenvalue weighted by molar-refractivity contribution is 5.21. The molecular formula is C14H17N3O. The van der Waals surface area contributed by atoms with E-state index in [1.54, 1.807) is 0 Å². The van der Waals surface area contributed by atoms with E-state index in [0.717, 1.165) is 36.9 Å². The summed E-state index contributed by atoms with van der Waals surface area (Å²) in [6.07, 6.45) is 2.18. The first-order valence-corrected chi connectivity index (χ1v) is 6.24. The van der Waals surface area contributed by atoms with Gasteiger partial charge in [0, 0.05) is 25.0 Å². The Balaban J connectivity index is 1.46. The highest BCUT2D eigenvalue weighted by Crippen LogP contribution is 2.18. The maximum absolute atomic E-state index is 5.85. The molecule has 0 amide bonds. The smallest absolute Gasteiger partial charge is 0.124 e. The molecule has 94 valence electrons. The molecule has 0 saturated carbocycles. The first-order chi connectivity index (χ1) is 8.79. The van der Waals surface area contributed by atoms with Crippen LogP contribution < -0.4 is 4.74 Å². The number of aromatic nitrogens is 2. The zero-order valence-corrected chi connectivity index (χ0v) is 10.5. The van der Waals surface area contributed by atoms with Crippen LogP contribution >= 0.6 is 0 Å². The van der Waals surface area contributed by atoms with Gasteiger partial charge in [0.15, 0.2) is 0 Å². The first kappa shape index (κ1) is 11.3. The van der Waals surface area contributed by atoms with Gasteiger partial charge < -0.3 is 9.72 Å². The molecule has 1 aliphatic rings. The predicted octanol–water partition coefficient (Wildman–Crippen LogP) is 1.98. The molecule has 0 radical (unpaired) electrons. The van der Waals surface area contributed by atoms with Crippen molar-refractivity contribution in [2.75, 3.05) is 13.1 Å². The number of aryl methyl sites for hydroxylation is 1. The number of para-hydroxylation sites is 1. The summed E-state index contributed by atoms with van der Waals surface area (Å²) in [7, 11) is 0. The third kappa shape index (κ3) is 2.54. The van der Waals surface area contributed by atoms with Gasteiger partial charge in [-0.3, -0.25) is 4.90 Å². The topological polar surface area (TPSA) is 41.2 Å². The van der Waals surface area contributed by atoms with Crippen LogP contribution in [0.2, 0.25) is 0 Å². The lowest BCUT2D eigenvalue weighted by Crippen LogP contribution is -2.53. The van der Waals surface area contributed by atoms with Crippen LogP contribution in [-0.4, -0.2) is 34.1 Å². The SMILES string of the molecule is Cc1cnc(CN2CC(Oc3ccccc3)C2)[nH]1. The molecular weight excluding hydrogens is 226 g/mol. The highest BCUT2D eigenvalue weighted by atomic mass is 16.5. The molecule has 1 aromatic heterocycles. The van der Waals surface area contributed by atoms with Crippen molar-refractivity contribution in [3.05, 3.63) is 48.0 Å². The molecule has 0 bridgehead atoms. The van der Waals surface area contributed by atoms with Crippen molar-refractivity contribution in [2.45, 2.75) is 19.6 Å². The largest absolute Gasteiger partial charge is 0.488 e. The normalized spacial score (nSPS) is 16.5. The standard InChI is InChI=1S/C14H17N3O/c1-11-7-15-14(16-11)10-17-8-13(9-17)18-12-5-3-2-4-6-12/h2-7,13H,8-10H2,1H3,(H,15,16). The van der Waals surface area contributed by atoms with Crippen molar-refractivity contribution in [3.63, 3.8) is 0 Å². The van der Waals surface area contributed by atoms with E-state index in [-0.39, 0.29) is 0 Å². The fraction of sp³-hybridized carbons (Fsp3) is 0.357. The van der Waals surface area contributed by atoms with Crippen LogP contribution in [0.25, 0.3) is 0 Å². The summed E-state index contributed by atoms with van der Waals surface area (Å²) in [6.45, 7) is 4.83. The Morgan fingerprint density at radius 1 is 1.33 bits per heavy atom. The van der Waals surface area contributed by atoms with E-state index in [4.69, 9.17) is 4.74 Å². The number of likely N-dealkylation sites (tertiary alicyclic amines) is 1. The van der Waals surface area contributed by atoms with Gasteiger partial charge in [-0.2, -0.15) is 0 Å². The maximum Gasteiger partial charge on any atom is 0.124 e. The van der Waals surface area contributed by atoms with Gasteiger partial charge >= 0.3 is 0 Å². The van der Waals surface area contributed by atoms with Crippen LogP contribution in [0.5, 0.6) is 5.75 Å². The van der Waals surface area contributed by atoms with E-state index < -0.39 is 0 Å². The van der Waals surface area contributed by atoms with Gasteiger partial charge in [-0.1, -0.05) is 18.2 Å². The molecule has 0 atom stereocenters. The molecule has 1 N–H and O–H groups in total. The van der Waals surface area contributed by atoms with Crippen molar-refractivity contribution in [3.8, 4) is 5.75 Å². The number of ether oxygens (including phenoxy) is 1. The van der Waals surface area contributed by atoms with Crippen LogP contribution in [0, 0.1) is 6.92 Å². The molecule has 1 aliphatic heterocycles. The zero-order chi connectivity index (χ0) is 12.4. The van der Waals surface area contributed by atoms with Gasteiger partial charge in [0.25, 0.3) is 0 Å². The zero-order valence-electron chi connectivity index (χ0n) is 10.5. The average Bonchev–Trinajstić information content (AvgIpc) is 2.73. The molecule has 18 heavy (non-hydrogen) atoms. The number of aromatic amines is 1. The number of H-pyrrole nitrogens is 1. The number of benzene rings is 1. The number of hydrogen-bond donors (Lipinski definition) is 1. The second kappa shape index (κ2) is 4.82. The lowest BCUT2D eigenvalue weighted by molar-refractivity contribution is 0.0131. The minimum absolute atomic E-state index is 0.309. The van der Waals surface area contributed by atoms with Gasteiger partial charge in [0.1, 0.15) is 17.7 Å². The summed E-state index contributed by atoms with van der Waals surface area (Å²) < 4.78 is 5.85. The van der Waals surface area contributed by atoms with Gasteiger partial charge in [0.2, 0.25) is 0 Å². The Labute approximate surface area is 107 Å². The number of nitrogens with one attached hydrogen (secondary N) is 1. The summed E-state index contributed by atoms with van der Waals surface area (Å²) in [4.78, 5) is 9.88. The number of nitrogens with zero attached hydrogens (tertiary/aromatic N) is 2. The van der Waals surface area contributed by atoms with E-state index in [9.17, 15) is 0 Å². The van der Waals surface area contributed by atoms with Gasteiger partial charge in [-0.25, -0.2) is 4.98 Å². The van der Waals surface area contributed by atoms with Gasteiger partial charge in [-0.05, 0) is 19.1 Å². The Morgan fingerprint density at radius 2 is 2.11 bits per heavy atom. The Hall–Kier alpha value is -1.81. The first-order valence-electron chi connectivity index (χ1n) is 6.24. The minimum Gasteiger partial charge on any atom is -0.488 e. The van der Waals surface area contributed by atoms with E-state index in [1.165, 1.54) is 0 Å². The summed E-state index contributed by atoms with van der Waals surface area (Å²) in [6, 6.07) is 9.99. The highest BCUT2D eigenvalue weighted by Gasteiger charge is 2.28.